The highest BCUT2D eigenvalue weighted by Crippen LogP contribution is 2.41. The zero-order valence-corrected chi connectivity index (χ0v) is 18.6. The summed E-state index contributed by atoms with van der Waals surface area (Å²) >= 11 is 0. The Labute approximate surface area is 187 Å². The van der Waals surface area contributed by atoms with Crippen LogP contribution in [-0.4, -0.2) is 70.0 Å². The van der Waals surface area contributed by atoms with Crippen LogP contribution < -0.4 is 4.74 Å². The number of aliphatic hydroxyl groups excluding tert-OH is 1. The van der Waals surface area contributed by atoms with Gasteiger partial charge in [0, 0.05) is 25.0 Å². The van der Waals surface area contributed by atoms with Crippen LogP contribution in [0, 0.1) is 0 Å². The predicted molar refractivity (Wildman–Crippen MR) is 120 cm³/mol. The molecule has 1 aliphatic rings. The number of carbonyl (C=O) groups is 2. The first-order chi connectivity index (χ1) is 15.4. The summed E-state index contributed by atoms with van der Waals surface area (Å²) < 4.78 is 5.09. The summed E-state index contributed by atoms with van der Waals surface area (Å²) in [6.07, 6.45) is 3.84. The Hall–Kier alpha value is -3.39. The van der Waals surface area contributed by atoms with Crippen LogP contribution in [0.2, 0.25) is 0 Å². The molecular weight excluding hydrogens is 410 g/mol. The average molecular weight is 440 g/mol. The van der Waals surface area contributed by atoms with E-state index in [2.05, 4.69) is 23.7 Å². The number of hydrogen-bond acceptors (Lipinski definition) is 7. The summed E-state index contributed by atoms with van der Waals surface area (Å²) in [7, 11) is 1.46. The van der Waals surface area contributed by atoms with Gasteiger partial charge in [-0.3, -0.25) is 14.6 Å². The molecule has 0 spiro atoms. The highest BCUT2D eigenvalue weighted by molar-refractivity contribution is 6.46. The maximum Gasteiger partial charge on any atom is 0.295 e. The summed E-state index contributed by atoms with van der Waals surface area (Å²) in [5.74, 6) is -1.70. The quantitative estimate of drug-likeness (QED) is 0.352. The van der Waals surface area contributed by atoms with E-state index in [1.165, 1.54) is 24.1 Å². The molecule has 1 amide bonds. The molecule has 3 rings (SSSR count). The molecule has 0 aliphatic carbocycles. The highest BCUT2D eigenvalue weighted by atomic mass is 16.5. The van der Waals surface area contributed by atoms with Crippen molar-refractivity contribution in [1.82, 2.24) is 14.8 Å². The maximum absolute atomic E-state index is 13.0. The lowest BCUT2D eigenvalue weighted by atomic mass is 9.95. The van der Waals surface area contributed by atoms with Gasteiger partial charge < -0.3 is 24.7 Å². The number of aliphatic hydroxyl groups is 1. The number of aromatic hydroxyl groups is 1. The molecular formula is C24H29N3O5. The second-order valence-electron chi connectivity index (χ2n) is 7.54. The van der Waals surface area contributed by atoms with Crippen molar-refractivity contribution in [2.45, 2.75) is 26.3 Å². The summed E-state index contributed by atoms with van der Waals surface area (Å²) in [5.41, 5.74) is 0.673. The number of rotatable bonds is 9. The van der Waals surface area contributed by atoms with E-state index >= 15 is 0 Å². The van der Waals surface area contributed by atoms with Crippen molar-refractivity contribution >= 4 is 17.4 Å². The van der Waals surface area contributed by atoms with Gasteiger partial charge >= 0.3 is 0 Å². The summed E-state index contributed by atoms with van der Waals surface area (Å²) in [4.78, 5) is 33.7. The Bertz CT molecular complexity index is 1000. The minimum atomic E-state index is -0.776. The van der Waals surface area contributed by atoms with E-state index in [-0.39, 0.29) is 16.9 Å². The number of likely N-dealkylation sites (tertiary alicyclic amines) is 1. The van der Waals surface area contributed by atoms with Crippen molar-refractivity contribution in [3.05, 3.63) is 59.4 Å². The second kappa shape index (κ2) is 10.3. The lowest BCUT2D eigenvalue weighted by molar-refractivity contribution is -0.140. The fraction of sp³-hybridized carbons (Fsp3) is 0.375. The van der Waals surface area contributed by atoms with Gasteiger partial charge in [0.25, 0.3) is 11.7 Å². The monoisotopic (exact) mass is 439 g/mol. The highest BCUT2D eigenvalue weighted by Gasteiger charge is 2.46. The molecule has 2 heterocycles. The minimum Gasteiger partial charge on any atom is -0.507 e. The Balaban J connectivity index is 2.03. The van der Waals surface area contributed by atoms with E-state index in [0.717, 1.165) is 19.6 Å². The molecule has 1 unspecified atom stereocenters. The van der Waals surface area contributed by atoms with E-state index in [4.69, 9.17) is 4.74 Å². The number of ether oxygens (including phenoxy) is 1. The van der Waals surface area contributed by atoms with E-state index in [0.29, 0.717) is 24.3 Å². The van der Waals surface area contributed by atoms with Crippen LogP contribution in [0.3, 0.4) is 0 Å². The van der Waals surface area contributed by atoms with E-state index in [9.17, 15) is 19.8 Å². The van der Waals surface area contributed by atoms with Crippen LogP contribution in [-0.2, 0) is 9.59 Å². The molecule has 0 bridgehead atoms. The Kier molecular flexibility index (Phi) is 7.48. The van der Waals surface area contributed by atoms with E-state index < -0.39 is 23.5 Å². The smallest absolute Gasteiger partial charge is 0.295 e. The molecule has 1 aromatic carbocycles. The largest absolute Gasteiger partial charge is 0.507 e. The zero-order valence-electron chi connectivity index (χ0n) is 18.6. The number of pyridine rings is 1. The summed E-state index contributed by atoms with van der Waals surface area (Å²) in [5, 5.41) is 21.4. The number of carbonyl (C=O) groups excluding carboxylic acids is 2. The Morgan fingerprint density at radius 3 is 2.44 bits per heavy atom. The van der Waals surface area contributed by atoms with Gasteiger partial charge in [-0.15, -0.1) is 0 Å². The van der Waals surface area contributed by atoms with Crippen LogP contribution in [0.15, 0.2) is 48.3 Å². The number of Topliss-reactive ketones (excluding diaryl/α,β-unsaturated/α-hetero) is 1. The van der Waals surface area contributed by atoms with Gasteiger partial charge in [-0.25, -0.2) is 0 Å². The topological polar surface area (TPSA) is 103 Å². The molecule has 8 heteroatoms. The number of methoxy groups -OCH3 is 1. The van der Waals surface area contributed by atoms with Gasteiger partial charge in [0.1, 0.15) is 17.3 Å². The second-order valence-corrected chi connectivity index (χ2v) is 7.54. The molecule has 0 saturated carbocycles. The van der Waals surface area contributed by atoms with E-state index in [1.807, 2.05) is 0 Å². The van der Waals surface area contributed by atoms with Gasteiger partial charge in [0.15, 0.2) is 0 Å². The summed E-state index contributed by atoms with van der Waals surface area (Å²) in [6.45, 7) is 7.11. The first-order valence-electron chi connectivity index (χ1n) is 10.7. The third-order valence-electron chi connectivity index (χ3n) is 5.79. The lowest BCUT2D eigenvalue weighted by Gasteiger charge is -2.26. The summed E-state index contributed by atoms with van der Waals surface area (Å²) in [6, 6.07) is 7.04. The van der Waals surface area contributed by atoms with Crippen LogP contribution in [0.5, 0.6) is 11.5 Å². The lowest BCUT2D eigenvalue weighted by Crippen LogP contribution is -2.33. The number of ketones is 1. The van der Waals surface area contributed by atoms with Gasteiger partial charge in [-0.05, 0) is 55.9 Å². The average Bonchev–Trinajstić information content (AvgIpc) is 3.06. The van der Waals surface area contributed by atoms with Crippen LogP contribution in [0.25, 0.3) is 5.76 Å². The van der Waals surface area contributed by atoms with Gasteiger partial charge in [-0.1, -0.05) is 13.8 Å². The normalized spacial score (nSPS) is 17.9. The number of benzene rings is 1. The van der Waals surface area contributed by atoms with Crippen molar-refractivity contribution in [1.29, 1.82) is 0 Å². The molecule has 1 aliphatic heterocycles. The molecule has 1 fully saturated rings. The predicted octanol–water partition coefficient (Wildman–Crippen LogP) is 2.95. The van der Waals surface area contributed by atoms with Gasteiger partial charge in [0.05, 0.1) is 24.3 Å². The number of hydrogen-bond donors (Lipinski definition) is 2. The molecule has 2 aromatic rings. The molecule has 1 saturated heterocycles. The van der Waals surface area contributed by atoms with Gasteiger partial charge in [-0.2, -0.15) is 0 Å². The molecule has 1 atom stereocenters. The van der Waals surface area contributed by atoms with E-state index in [1.54, 1.807) is 30.6 Å². The van der Waals surface area contributed by atoms with Crippen LogP contribution in [0.1, 0.15) is 37.4 Å². The molecule has 0 radical (unpaired) electrons. The van der Waals surface area contributed by atoms with Crippen LogP contribution >= 0.6 is 0 Å². The molecule has 1 aromatic heterocycles. The Morgan fingerprint density at radius 1 is 1.16 bits per heavy atom. The fourth-order valence-electron chi connectivity index (χ4n) is 3.99. The zero-order chi connectivity index (χ0) is 23.3. The van der Waals surface area contributed by atoms with Crippen molar-refractivity contribution in [2.75, 3.05) is 33.3 Å². The van der Waals surface area contributed by atoms with Crippen molar-refractivity contribution < 1.29 is 24.5 Å². The number of amides is 1. The van der Waals surface area contributed by atoms with Crippen molar-refractivity contribution in [2.24, 2.45) is 0 Å². The fourth-order valence-corrected chi connectivity index (χ4v) is 3.99. The van der Waals surface area contributed by atoms with Crippen LogP contribution in [0.4, 0.5) is 0 Å². The molecule has 32 heavy (non-hydrogen) atoms. The minimum absolute atomic E-state index is 0.0514. The number of nitrogens with zero attached hydrogens (tertiary/aromatic N) is 3. The SMILES string of the molecule is CCN(CC)CCCN1C(=O)C(=O)C(=C(O)c2ccc(OC)cc2O)C1c1ccncc1. The standard InChI is InChI=1S/C24H29N3O5/c1-4-26(5-2)13-6-14-27-21(16-9-11-25-12-10-16)20(23(30)24(27)31)22(29)18-8-7-17(32-3)15-19(18)28/h7-12,15,21,28-29H,4-6,13-14H2,1-3H3. The number of aromatic nitrogens is 1. The molecule has 2 N–H and O–H groups in total. The third kappa shape index (κ3) is 4.60. The van der Waals surface area contributed by atoms with Gasteiger partial charge in [0.2, 0.25) is 0 Å². The maximum atomic E-state index is 13.0. The molecule has 170 valence electrons. The third-order valence-corrected chi connectivity index (χ3v) is 5.79. The Morgan fingerprint density at radius 2 is 1.84 bits per heavy atom. The van der Waals surface area contributed by atoms with Crippen molar-refractivity contribution in [3.8, 4) is 11.5 Å². The first kappa shape index (κ1) is 23.3. The first-order valence-corrected chi connectivity index (χ1v) is 10.7. The number of phenols is 1. The van der Waals surface area contributed by atoms with Crippen molar-refractivity contribution in [3.63, 3.8) is 0 Å². The number of phenolic OH excluding ortho intramolecular Hbond substituents is 1. The molecule has 8 nitrogen and oxygen atoms in total.